The second-order valence-corrected chi connectivity index (χ2v) is 4.39. The van der Waals surface area contributed by atoms with Crippen LogP contribution in [0, 0.1) is 5.82 Å². The SMILES string of the molecule is O=C(NCc1ccc(F)cc1)N1CCOCC1CO. The highest BCUT2D eigenvalue weighted by molar-refractivity contribution is 5.74. The van der Waals surface area contributed by atoms with Gasteiger partial charge in [0.2, 0.25) is 0 Å². The van der Waals surface area contributed by atoms with Crippen LogP contribution in [0.3, 0.4) is 0 Å². The Kier molecular flexibility index (Phi) is 4.70. The number of morpholine rings is 1. The largest absolute Gasteiger partial charge is 0.394 e. The van der Waals surface area contributed by atoms with Gasteiger partial charge in [-0.25, -0.2) is 9.18 Å². The van der Waals surface area contributed by atoms with Gasteiger partial charge in [-0.3, -0.25) is 0 Å². The molecule has 0 aromatic heterocycles. The minimum atomic E-state index is -0.304. The number of ether oxygens (including phenoxy) is 1. The van der Waals surface area contributed by atoms with E-state index >= 15 is 0 Å². The van der Waals surface area contributed by atoms with Crippen LogP contribution in [0.25, 0.3) is 0 Å². The molecule has 1 aromatic rings. The molecule has 0 aliphatic carbocycles. The van der Waals surface area contributed by atoms with Crippen molar-refractivity contribution in [2.24, 2.45) is 0 Å². The summed E-state index contributed by atoms with van der Waals surface area (Å²) in [4.78, 5) is 13.5. The molecule has 1 aromatic carbocycles. The van der Waals surface area contributed by atoms with Crippen LogP contribution < -0.4 is 5.32 Å². The van der Waals surface area contributed by atoms with Crippen molar-refractivity contribution < 1.29 is 19.0 Å². The van der Waals surface area contributed by atoms with Crippen molar-refractivity contribution in [1.82, 2.24) is 10.2 Å². The van der Waals surface area contributed by atoms with Crippen LogP contribution in [0.2, 0.25) is 0 Å². The molecule has 2 rings (SSSR count). The number of amides is 2. The lowest BCUT2D eigenvalue weighted by atomic mass is 10.2. The van der Waals surface area contributed by atoms with Gasteiger partial charge in [-0.2, -0.15) is 0 Å². The van der Waals surface area contributed by atoms with Gasteiger partial charge >= 0.3 is 6.03 Å². The molecule has 1 aliphatic rings. The molecule has 2 amide bonds. The molecular formula is C13H17FN2O3. The molecule has 1 heterocycles. The summed E-state index contributed by atoms with van der Waals surface area (Å²) < 4.78 is 17.9. The Hall–Kier alpha value is -1.66. The Morgan fingerprint density at radius 3 is 2.89 bits per heavy atom. The topological polar surface area (TPSA) is 61.8 Å². The number of nitrogens with zero attached hydrogens (tertiary/aromatic N) is 1. The fourth-order valence-corrected chi connectivity index (χ4v) is 1.95. The normalized spacial score (nSPS) is 19.3. The van der Waals surface area contributed by atoms with Crippen LogP contribution >= 0.6 is 0 Å². The summed E-state index contributed by atoms with van der Waals surface area (Å²) in [6.07, 6.45) is 0. The number of aliphatic hydroxyl groups is 1. The Morgan fingerprint density at radius 1 is 1.47 bits per heavy atom. The molecule has 1 saturated heterocycles. The number of aliphatic hydroxyl groups excluding tert-OH is 1. The highest BCUT2D eigenvalue weighted by Gasteiger charge is 2.26. The Balaban J connectivity index is 1.87. The van der Waals surface area contributed by atoms with Gasteiger partial charge in [0.15, 0.2) is 0 Å². The molecule has 0 spiro atoms. The molecular weight excluding hydrogens is 251 g/mol. The number of carbonyl (C=O) groups excluding carboxylic acids is 1. The molecule has 104 valence electrons. The Morgan fingerprint density at radius 2 is 2.21 bits per heavy atom. The van der Waals surface area contributed by atoms with Crippen LogP contribution in [0.1, 0.15) is 5.56 Å². The van der Waals surface area contributed by atoms with E-state index < -0.39 is 0 Å². The van der Waals surface area contributed by atoms with Gasteiger partial charge in [-0.1, -0.05) is 12.1 Å². The number of urea groups is 1. The lowest BCUT2D eigenvalue weighted by molar-refractivity contribution is -0.00766. The van der Waals surface area contributed by atoms with Gasteiger partial charge in [0.1, 0.15) is 5.82 Å². The summed E-state index contributed by atoms with van der Waals surface area (Å²) >= 11 is 0. The third-order valence-electron chi connectivity index (χ3n) is 3.06. The molecule has 0 radical (unpaired) electrons. The van der Waals surface area contributed by atoms with E-state index in [0.29, 0.717) is 26.3 Å². The third kappa shape index (κ3) is 3.65. The lowest BCUT2D eigenvalue weighted by Gasteiger charge is -2.34. The maximum atomic E-state index is 12.7. The molecule has 6 heteroatoms. The van der Waals surface area contributed by atoms with Crippen LogP contribution in [0.4, 0.5) is 9.18 Å². The molecule has 19 heavy (non-hydrogen) atoms. The van der Waals surface area contributed by atoms with Gasteiger partial charge < -0.3 is 20.1 Å². The van der Waals surface area contributed by atoms with Gasteiger partial charge in [-0.15, -0.1) is 0 Å². The van der Waals surface area contributed by atoms with E-state index in [1.807, 2.05) is 0 Å². The Bertz CT molecular complexity index is 424. The monoisotopic (exact) mass is 268 g/mol. The average molecular weight is 268 g/mol. The van der Waals surface area contributed by atoms with Crippen molar-refractivity contribution in [1.29, 1.82) is 0 Å². The zero-order valence-electron chi connectivity index (χ0n) is 10.5. The van der Waals surface area contributed by atoms with Crippen LogP contribution in [-0.2, 0) is 11.3 Å². The zero-order chi connectivity index (χ0) is 13.7. The predicted octanol–water partition coefficient (Wildman–Crippen LogP) is 0.728. The molecule has 0 bridgehead atoms. The van der Waals surface area contributed by atoms with Gasteiger partial charge in [-0.05, 0) is 17.7 Å². The van der Waals surface area contributed by atoms with E-state index in [2.05, 4.69) is 5.32 Å². The summed E-state index contributed by atoms with van der Waals surface area (Å²) in [7, 11) is 0. The summed E-state index contributed by atoms with van der Waals surface area (Å²) in [5, 5.41) is 11.9. The first kappa shape index (κ1) is 13.8. The van der Waals surface area contributed by atoms with Crippen LogP contribution in [0.15, 0.2) is 24.3 Å². The summed E-state index contributed by atoms with van der Waals surface area (Å²) in [5.41, 5.74) is 0.823. The van der Waals surface area contributed by atoms with Crippen molar-refractivity contribution in [3.05, 3.63) is 35.6 Å². The summed E-state index contributed by atoms with van der Waals surface area (Å²) in [5.74, 6) is -0.302. The van der Waals surface area contributed by atoms with Crippen LogP contribution in [-0.4, -0.2) is 48.4 Å². The first-order valence-corrected chi connectivity index (χ1v) is 6.18. The van der Waals surface area contributed by atoms with E-state index in [-0.39, 0.29) is 24.5 Å². The van der Waals surface area contributed by atoms with Crippen molar-refractivity contribution in [2.75, 3.05) is 26.4 Å². The first-order valence-electron chi connectivity index (χ1n) is 6.18. The van der Waals surface area contributed by atoms with Crippen molar-refractivity contribution in [3.8, 4) is 0 Å². The minimum absolute atomic E-state index is 0.121. The summed E-state index contributed by atoms with van der Waals surface area (Å²) in [6, 6.07) is 5.41. The van der Waals surface area contributed by atoms with Gasteiger partial charge in [0.05, 0.1) is 25.9 Å². The van der Waals surface area contributed by atoms with E-state index in [0.717, 1.165) is 5.56 Å². The van der Waals surface area contributed by atoms with Crippen molar-refractivity contribution in [3.63, 3.8) is 0 Å². The molecule has 1 unspecified atom stereocenters. The fourth-order valence-electron chi connectivity index (χ4n) is 1.95. The summed E-state index contributed by atoms with van der Waals surface area (Å²) in [6.45, 7) is 1.49. The number of carbonyl (C=O) groups is 1. The molecule has 0 saturated carbocycles. The van der Waals surface area contributed by atoms with Gasteiger partial charge in [0, 0.05) is 13.1 Å². The average Bonchev–Trinajstić information content (AvgIpc) is 2.46. The van der Waals surface area contributed by atoms with Crippen LogP contribution in [0.5, 0.6) is 0 Å². The number of rotatable bonds is 3. The number of hydrogen-bond donors (Lipinski definition) is 2. The molecule has 1 fully saturated rings. The number of benzene rings is 1. The van der Waals surface area contributed by atoms with Crippen molar-refractivity contribution in [2.45, 2.75) is 12.6 Å². The Labute approximate surface area is 111 Å². The predicted molar refractivity (Wildman–Crippen MR) is 67.0 cm³/mol. The van der Waals surface area contributed by atoms with E-state index in [1.165, 1.54) is 12.1 Å². The third-order valence-corrected chi connectivity index (χ3v) is 3.06. The maximum Gasteiger partial charge on any atom is 0.318 e. The number of nitrogens with one attached hydrogen (secondary N) is 1. The highest BCUT2D eigenvalue weighted by atomic mass is 19.1. The van der Waals surface area contributed by atoms with E-state index in [4.69, 9.17) is 4.74 Å². The number of halogens is 1. The van der Waals surface area contributed by atoms with Crippen molar-refractivity contribution >= 4 is 6.03 Å². The molecule has 1 aliphatic heterocycles. The van der Waals surface area contributed by atoms with Gasteiger partial charge in [0.25, 0.3) is 0 Å². The molecule has 1 atom stereocenters. The minimum Gasteiger partial charge on any atom is -0.394 e. The quantitative estimate of drug-likeness (QED) is 0.849. The second kappa shape index (κ2) is 6.49. The first-order chi connectivity index (χ1) is 9.20. The number of hydrogen-bond acceptors (Lipinski definition) is 3. The fraction of sp³-hybridized carbons (Fsp3) is 0.462. The molecule has 5 nitrogen and oxygen atoms in total. The standard InChI is InChI=1S/C13H17FN2O3/c14-11-3-1-10(2-4-11)7-15-13(18)16-5-6-19-9-12(16)8-17/h1-4,12,17H,5-9H2,(H,15,18). The highest BCUT2D eigenvalue weighted by Crippen LogP contribution is 2.07. The molecule has 2 N–H and O–H groups in total. The maximum absolute atomic E-state index is 12.7. The zero-order valence-corrected chi connectivity index (χ0v) is 10.5. The van der Waals surface area contributed by atoms with E-state index in [9.17, 15) is 14.3 Å². The van der Waals surface area contributed by atoms with E-state index in [1.54, 1.807) is 17.0 Å². The lowest BCUT2D eigenvalue weighted by Crippen LogP contribution is -2.53. The smallest absolute Gasteiger partial charge is 0.318 e. The second-order valence-electron chi connectivity index (χ2n) is 4.39.